The molecule has 1 atom stereocenters. The molecule has 2 aromatic carbocycles. The van der Waals surface area contributed by atoms with Crippen molar-refractivity contribution in [2.24, 2.45) is 0 Å². The molecule has 2 aliphatic rings. The van der Waals surface area contributed by atoms with Crippen molar-refractivity contribution in [3.8, 4) is 5.75 Å². The highest BCUT2D eigenvalue weighted by molar-refractivity contribution is 7.93. The highest BCUT2D eigenvalue weighted by Crippen LogP contribution is 2.55. The fourth-order valence-corrected chi connectivity index (χ4v) is 4.65. The molecule has 1 fully saturated rings. The fourth-order valence-electron chi connectivity index (χ4n) is 4.51. The summed E-state index contributed by atoms with van der Waals surface area (Å²) in [6, 6.07) is 14.6. The fraction of sp³-hybridized carbons (Fsp3) is 0.360. The van der Waals surface area contributed by atoms with E-state index in [-0.39, 0.29) is 5.41 Å². The van der Waals surface area contributed by atoms with Gasteiger partial charge in [0.15, 0.2) is 11.5 Å². The Bertz CT molecular complexity index is 985. The number of rotatable bonds is 7. The predicted molar refractivity (Wildman–Crippen MR) is 130 cm³/mol. The van der Waals surface area contributed by atoms with Crippen LogP contribution in [-0.4, -0.2) is 39.2 Å². The van der Waals surface area contributed by atoms with Gasteiger partial charge in [-0.3, -0.25) is 0 Å². The third kappa shape index (κ3) is 3.84. The van der Waals surface area contributed by atoms with E-state index in [1.54, 1.807) is 0 Å². The lowest BCUT2D eigenvalue weighted by Crippen LogP contribution is -2.51. The summed E-state index contributed by atoms with van der Waals surface area (Å²) in [6.07, 6.45) is 10.3. The summed E-state index contributed by atoms with van der Waals surface area (Å²) >= 11 is 1.18. The van der Waals surface area contributed by atoms with Crippen molar-refractivity contribution in [2.45, 2.75) is 25.0 Å². The van der Waals surface area contributed by atoms with Crippen molar-refractivity contribution in [1.29, 1.82) is 0 Å². The Kier molecular flexibility index (Phi) is 6.06. The Morgan fingerprint density at radius 3 is 2.58 bits per heavy atom. The van der Waals surface area contributed by atoms with Crippen LogP contribution in [0.1, 0.15) is 25.0 Å². The predicted octanol–water partition coefficient (Wildman–Crippen LogP) is 5.43. The number of allylic oxidation sites excluding steroid dienone is 2. The minimum atomic E-state index is -0.520. The van der Waals surface area contributed by atoms with Gasteiger partial charge >= 0.3 is 0 Å². The van der Waals surface area contributed by atoms with Gasteiger partial charge in [0.1, 0.15) is 0 Å². The first-order chi connectivity index (χ1) is 14.9. The van der Waals surface area contributed by atoms with Gasteiger partial charge in [-0.05, 0) is 47.5 Å². The molecular weight excluding hydrogens is 408 g/mol. The zero-order valence-electron chi connectivity index (χ0n) is 18.8. The smallest absolute Gasteiger partial charge is 0.170 e. The maximum absolute atomic E-state index is 6.40. The zero-order valence-corrected chi connectivity index (χ0v) is 19.6. The maximum Gasteiger partial charge on any atom is 0.170 e. The van der Waals surface area contributed by atoms with Gasteiger partial charge in [-0.25, -0.2) is 0 Å². The van der Waals surface area contributed by atoms with Crippen LogP contribution in [-0.2, 0) is 14.5 Å². The van der Waals surface area contributed by atoms with Crippen LogP contribution in [0.3, 0.4) is 0 Å². The normalized spacial score (nSPS) is 21.6. The SMILES string of the molecule is CSOOc1ccc2c(c1)C(C)(C)C1(C=CC=Cc3ccc(N(C)C)cc3)OCCN21. The monoisotopic (exact) mass is 438 g/mol. The largest absolute Gasteiger partial charge is 0.378 e. The first-order valence-electron chi connectivity index (χ1n) is 10.5. The third-order valence-corrected chi connectivity index (χ3v) is 6.40. The number of hydrogen-bond acceptors (Lipinski definition) is 6. The van der Waals surface area contributed by atoms with Crippen LogP contribution < -0.4 is 14.7 Å². The van der Waals surface area contributed by atoms with Crippen LogP contribution in [0.5, 0.6) is 5.75 Å². The molecule has 0 N–H and O–H groups in total. The molecule has 5 nitrogen and oxygen atoms in total. The summed E-state index contributed by atoms with van der Waals surface area (Å²) in [5, 5.41) is 0. The van der Waals surface area contributed by atoms with Crippen molar-refractivity contribution in [3.05, 3.63) is 71.8 Å². The topological polar surface area (TPSA) is 34.2 Å². The minimum absolute atomic E-state index is 0.255. The molecule has 31 heavy (non-hydrogen) atoms. The molecule has 0 aliphatic carbocycles. The molecular formula is C25H30N2O3S. The molecule has 1 saturated heterocycles. The number of hydrogen-bond donors (Lipinski definition) is 0. The molecule has 1 unspecified atom stereocenters. The van der Waals surface area contributed by atoms with E-state index in [0.29, 0.717) is 12.4 Å². The van der Waals surface area contributed by atoms with Gasteiger partial charge in [-0.2, -0.15) is 0 Å². The zero-order chi connectivity index (χ0) is 22.1. The van der Waals surface area contributed by atoms with Gasteiger partial charge in [0, 0.05) is 55.7 Å². The average Bonchev–Trinajstić information content (AvgIpc) is 3.27. The summed E-state index contributed by atoms with van der Waals surface area (Å²) < 4.78 is 11.5. The molecule has 6 heteroatoms. The summed E-state index contributed by atoms with van der Waals surface area (Å²) in [5.74, 6) is 0.697. The van der Waals surface area contributed by atoms with E-state index in [0.717, 1.165) is 6.54 Å². The van der Waals surface area contributed by atoms with Crippen molar-refractivity contribution in [1.82, 2.24) is 0 Å². The molecule has 4 rings (SSSR count). The summed E-state index contributed by atoms with van der Waals surface area (Å²) in [7, 11) is 4.10. The van der Waals surface area contributed by atoms with E-state index in [2.05, 4.69) is 84.3 Å². The van der Waals surface area contributed by atoms with E-state index in [1.165, 1.54) is 34.5 Å². The van der Waals surface area contributed by atoms with E-state index in [4.69, 9.17) is 14.0 Å². The number of nitrogens with zero attached hydrogens (tertiary/aromatic N) is 2. The number of ether oxygens (including phenoxy) is 1. The lowest BCUT2D eigenvalue weighted by atomic mass is 9.77. The first kappa shape index (κ1) is 21.8. The Balaban J connectivity index is 1.58. The lowest BCUT2D eigenvalue weighted by molar-refractivity contribution is -0.0772. The number of benzene rings is 2. The van der Waals surface area contributed by atoms with Crippen LogP contribution in [0, 0.1) is 0 Å². The average molecular weight is 439 g/mol. The van der Waals surface area contributed by atoms with Crippen LogP contribution in [0.2, 0.25) is 0 Å². The second kappa shape index (κ2) is 8.61. The van der Waals surface area contributed by atoms with Crippen LogP contribution in [0.15, 0.2) is 60.7 Å². The van der Waals surface area contributed by atoms with E-state index >= 15 is 0 Å². The van der Waals surface area contributed by atoms with Crippen LogP contribution in [0.25, 0.3) is 6.08 Å². The standard InChI is InChI=1S/C25H30N2O3S/c1-24(2)22-18-21(29-30-31-5)13-14-23(22)27-16-17-28-25(24,27)15-7-6-8-19-9-11-20(12-10-19)26(3)4/h6-15,18H,16-17H2,1-5H3. The number of fused-ring (bicyclic) bond motifs is 3. The summed E-state index contributed by atoms with van der Waals surface area (Å²) in [5.41, 5.74) is 3.97. The molecule has 0 spiro atoms. The molecule has 0 saturated carbocycles. The Hall–Kier alpha value is -2.41. The third-order valence-electron chi connectivity index (χ3n) is 6.20. The van der Waals surface area contributed by atoms with Crippen LogP contribution in [0.4, 0.5) is 11.4 Å². The molecule has 164 valence electrons. The van der Waals surface area contributed by atoms with Crippen molar-refractivity contribution >= 4 is 29.5 Å². The van der Waals surface area contributed by atoms with Gasteiger partial charge in [-0.15, -0.1) is 4.33 Å². The highest BCUT2D eigenvalue weighted by Gasteiger charge is 2.59. The molecule has 2 aliphatic heterocycles. The maximum atomic E-state index is 6.40. The second-order valence-corrected chi connectivity index (χ2v) is 8.99. The second-order valence-electron chi connectivity index (χ2n) is 8.52. The molecule has 0 bridgehead atoms. The van der Waals surface area contributed by atoms with Crippen molar-refractivity contribution in [2.75, 3.05) is 43.3 Å². The first-order valence-corrected chi connectivity index (χ1v) is 11.6. The van der Waals surface area contributed by atoms with Crippen molar-refractivity contribution < 1.29 is 14.0 Å². The molecule has 0 amide bonds. The minimum Gasteiger partial charge on any atom is -0.378 e. The van der Waals surface area contributed by atoms with Crippen LogP contribution >= 0.6 is 12.0 Å². The van der Waals surface area contributed by atoms with Crippen molar-refractivity contribution in [3.63, 3.8) is 0 Å². The number of anilines is 2. The van der Waals surface area contributed by atoms with Gasteiger partial charge in [0.2, 0.25) is 0 Å². The van der Waals surface area contributed by atoms with E-state index in [1.807, 2.05) is 26.4 Å². The summed E-state index contributed by atoms with van der Waals surface area (Å²) in [6.45, 7) is 6.02. The van der Waals surface area contributed by atoms with Gasteiger partial charge in [-0.1, -0.05) is 44.2 Å². The van der Waals surface area contributed by atoms with Gasteiger partial charge in [0.25, 0.3) is 0 Å². The molecule has 0 radical (unpaired) electrons. The van der Waals surface area contributed by atoms with E-state index in [9.17, 15) is 0 Å². The molecule has 0 aromatic heterocycles. The Morgan fingerprint density at radius 2 is 1.87 bits per heavy atom. The van der Waals surface area contributed by atoms with E-state index < -0.39 is 5.72 Å². The van der Waals surface area contributed by atoms with Gasteiger partial charge < -0.3 is 19.4 Å². The Morgan fingerprint density at radius 1 is 1.10 bits per heavy atom. The lowest BCUT2D eigenvalue weighted by Gasteiger charge is -2.39. The highest BCUT2D eigenvalue weighted by atomic mass is 32.2. The quantitative estimate of drug-likeness (QED) is 0.248. The van der Waals surface area contributed by atoms with Gasteiger partial charge in [0.05, 0.1) is 6.61 Å². The molecule has 2 aromatic rings. The molecule has 2 heterocycles. The summed E-state index contributed by atoms with van der Waals surface area (Å²) in [4.78, 5) is 9.83. The Labute approximate surface area is 189 Å².